The Kier molecular flexibility index (Phi) is 7.18. The number of nitrogens with zero attached hydrogens (tertiary/aromatic N) is 3. The summed E-state index contributed by atoms with van der Waals surface area (Å²) in [6.07, 6.45) is 5.76. The van der Waals surface area contributed by atoms with Gasteiger partial charge in [0.05, 0.1) is 18.9 Å². The van der Waals surface area contributed by atoms with E-state index in [-0.39, 0.29) is 11.6 Å². The second-order valence-electron chi connectivity index (χ2n) is 7.46. The average Bonchev–Trinajstić information content (AvgIpc) is 3.23. The lowest BCUT2D eigenvalue weighted by Gasteiger charge is -2.19. The molecule has 0 aromatic carbocycles. The van der Waals surface area contributed by atoms with E-state index in [0.717, 1.165) is 37.4 Å². The van der Waals surface area contributed by atoms with Gasteiger partial charge in [-0.3, -0.25) is 4.79 Å². The molecular formula is C23H28N4O5. The van der Waals surface area contributed by atoms with E-state index < -0.39 is 0 Å². The Hall–Kier alpha value is -3.17. The van der Waals surface area contributed by atoms with E-state index in [9.17, 15) is 4.79 Å². The smallest absolute Gasteiger partial charge is 0.274 e. The third-order valence-corrected chi connectivity index (χ3v) is 5.25. The number of ether oxygens (including phenoxy) is 4. The summed E-state index contributed by atoms with van der Waals surface area (Å²) in [5, 5.41) is 2.91. The van der Waals surface area contributed by atoms with Crippen molar-refractivity contribution in [3.63, 3.8) is 0 Å². The molecule has 3 aromatic rings. The molecule has 1 N–H and O–H groups in total. The Labute approximate surface area is 186 Å². The summed E-state index contributed by atoms with van der Waals surface area (Å²) >= 11 is 0. The van der Waals surface area contributed by atoms with Gasteiger partial charge in [-0.25, -0.2) is 9.97 Å². The van der Waals surface area contributed by atoms with Crippen LogP contribution in [0.4, 0.5) is 5.69 Å². The molecule has 1 saturated heterocycles. The number of amides is 1. The molecule has 4 rings (SSSR count). The van der Waals surface area contributed by atoms with E-state index in [2.05, 4.69) is 10.3 Å². The fourth-order valence-electron chi connectivity index (χ4n) is 3.63. The first-order valence-corrected chi connectivity index (χ1v) is 10.8. The van der Waals surface area contributed by atoms with Gasteiger partial charge in [0, 0.05) is 50.8 Å². The molecule has 1 amide bonds. The lowest BCUT2D eigenvalue weighted by Crippen LogP contribution is -2.16. The number of methoxy groups -OCH3 is 1. The first-order valence-electron chi connectivity index (χ1n) is 10.8. The predicted octanol–water partition coefficient (Wildman–Crippen LogP) is 3.30. The van der Waals surface area contributed by atoms with Crippen LogP contribution in [0.2, 0.25) is 0 Å². The molecular weight excluding hydrogens is 412 g/mol. The molecule has 3 aromatic heterocycles. The van der Waals surface area contributed by atoms with Crippen LogP contribution in [0.3, 0.4) is 0 Å². The van der Waals surface area contributed by atoms with Gasteiger partial charge in [0.1, 0.15) is 29.4 Å². The van der Waals surface area contributed by atoms with Gasteiger partial charge in [0.2, 0.25) is 5.88 Å². The molecule has 1 aliphatic rings. The van der Waals surface area contributed by atoms with Crippen LogP contribution in [0.1, 0.15) is 41.9 Å². The fourth-order valence-corrected chi connectivity index (χ4v) is 3.63. The maximum atomic E-state index is 12.9. The van der Waals surface area contributed by atoms with Gasteiger partial charge in [0.15, 0.2) is 0 Å². The van der Waals surface area contributed by atoms with E-state index in [1.807, 2.05) is 29.8 Å². The molecule has 0 spiro atoms. The Morgan fingerprint density at radius 2 is 2.03 bits per heavy atom. The number of aromatic nitrogens is 3. The molecule has 4 heterocycles. The number of carbonyl (C=O) groups excluding carboxylic acids is 1. The van der Waals surface area contributed by atoms with E-state index in [1.54, 1.807) is 25.3 Å². The summed E-state index contributed by atoms with van der Waals surface area (Å²) in [4.78, 5) is 22.0. The van der Waals surface area contributed by atoms with Gasteiger partial charge in [-0.15, -0.1) is 0 Å². The van der Waals surface area contributed by atoms with Crippen molar-refractivity contribution >= 4 is 17.2 Å². The largest absolute Gasteiger partial charge is 0.491 e. The van der Waals surface area contributed by atoms with Gasteiger partial charge < -0.3 is 28.7 Å². The molecule has 1 aliphatic heterocycles. The molecule has 9 heteroatoms. The van der Waals surface area contributed by atoms with Gasteiger partial charge in [-0.1, -0.05) is 6.07 Å². The third kappa shape index (κ3) is 5.17. The number of hydrogen-bond donors (Lipinski definition) is 1. The Morgan fingerprint density at radius 3 is 2.81 bits per heavy atom. The Morgan fingerprint density at radius 1 is 1.19 bits per heavy atom. The van der Waals surface area contributed by atoms with Crippen LogP contribution in [0.25, 0.3) is 5.65 Å². The van der Waals surface area contributed by atoms with E-state index >= 15 is 0 Å². The summed E-state index contributed by atoms with van der Waals surface area (Å²) in [6.45, 7) is 4.67. The highest BCUT2D eigenvalue weighted by atomic mass is 16.5. The minimum absolute atomic E-state index is 0.246. The van der Waals surface area contributed by atoms with Gasteiger partial charge >= 0.3 is 0 Å². The maximum Gasteiger partial charge on any atom is 0.274 e. The summed E-state index contributed by atoms with van der Waals surface area (Å²) < 4.78 is 23.6. The third-order valence-electron chi connectivity index (χ3n) is 5.25. The van der Waals surface area contributed by atoms with Crippen LogP contribution < -0.4 is 14.8 Å². The van der Waals surface area contributed by atoms with Crippen LogP contribution in [0.15, 0.2) is 36.7 Å². The van der Waals surface area contributed by atoms with Gasteiger partial charge in [-0.2, -0.15) is 0 Å². The highest BCUT2D eigenvalue weighted by Gasteiger charge is 2.20. The van der Waals surface area contributed by atoms with Crippen molar-refractivity contribution in [3.8, 4) is 11.6 Å². The molecule has 9 nitrogen and oxygen atoms in total. The van der Waals surface area contributed by atoms with Crippen LogP contribution in [-0.2, 0) is 9.47 Å². The number of anilines is 1. The molecule has 0 aliphatic carbocycles. The molecule has 0 bridgehead atoms. The first-order chi connectivity index (χ1) is 15.7. The maximum absolute atomic E-state index is 12.9. The number of hydrogen-bond acceptors (Lipinski definition) is 7. The number of carbonyl (C=O) groups is 1. The summed E-state index contributed by atoms with van der Waals surface area (Å²) in [5.74, 6) is 0.949. The predicted molar refractivity (Wildman–Crippen MR) is 119 cm³/mol. The number of pyridine rings is 2. The minimum Gasteiger partial charge on any atom is -0.491 e. The SMILES string of the molecule is CCOc1cc2nc(C3CCOCC3)cn2cc1NC(=O)c1cccc(OCCOC)n1. The average molecular weight is 441 g/mol. The zero-order chi connectivity index (χ0) is 22.3. The van der Waals surface area contributed by atoms with Crippen molar-refractivity contribution < 1.29 is 23.7 Å². The van der Waals surface area contributed by atoms with Gasteiger partial charge in [-0.05, 0) is 25.8 Å². The highest BCUT2D eigenvalue weighted by molar-refractivity contribution is 6.03. The van der Waals surface area contributed by atoms with E-state index in [1.165, 1.54) is 0 Å². The standard InChI is InChI=1S/C23H28N4O5/c1-3-31-20-13-21-24-18(16-7-9-30-10-8-16)14-27(21)15-19(20)26-23(28)17-5-4-6-22(25-17)32-12-11-29-2/h4-6,13-16H,3,7-12H2,1-2H3,(H,26,28). The van der Waals surface area contributed by atoms with Crippen LogP contribution in [0.5, 0.6) is 11.6 Å². The molecule has 0 atom stereocenters. The van der Waals surface area contributed by atoms with E-state index in [4.69, 9.17) is 23.9 Å². The monoisotopic (exact) mass is 440 g/mol. The zero-order valence-electron chi connectivity index (χ0n) is 18.4. The number of imidazole rings is 1. The molecule has 32 heavy (non-hydrogen) atoms. The van der Waals surface area contributed by atoms with E-state index in [0.29, 0.717) is 43.1 Å². The number of fused-ring (bicyclic) bond motifs is 1. The summed E-state index contributed by atoms with van der Waals surface area (Å²) in [5.41, 5.74) is 2.60. The van der Waals surface area contributed by atoms with Crippen molar-refractivity contribution in [2.45, 2.75) is 25.7 Å². The Bertz CT molecular complexity index is 1060. The normalized spacial score (nSPS) is 14.4. The minimum atomic E-state index is -0.354. The van der Waals surface area contributed by atoms with Crippen molar-refractivity contribution in [2.24, 2.45) is 0 Å². The first kappa shape index (κ1) is 22.0. The zero-order valence-corrected chi connectivity index (χ0v) is 18.4. The lowest BCUT2D eigenvalue weighted by molar-refractivity contribution is 0.0846. The molecule has 1 fully saturated rings. The molecule has 0 saturated carbocycles. The van der Waals surface area contributed by atoms with Crippen molar-refractivity contribution in [3.05, 3.63) is 48.0 Å². The highest BCUT2D eigenvalue weighted by Crippen LogP contribution is 2.30. The topological polar surface area (TPSA) is 96.2 Å². The molecule has 0 unspecified atom stereocenters. The summed E-state index contributed by atoms with van der Waals surface area (Å²) in [6, 6.07) is 6.91. The van der Waals surface area contributed by atoms with Crippen molar-refractivity contribution in [1.82, 2.24) is 14.4 Å². The van der Waals surface area contributed by atoms with Crippen LogP contribution in [-0.4, -0.2) is 60.4 Å². The number of nitrogens with one attached hydrogen (secondary N) is 1. The summed E-state index contributed by atoms with van der Waals surface area (Å²) in [7, 11) is 1.60. The van der Waals surface area contributed by atoms with Crippen LogP contribution in [0, 0.1) is 0 Å². The van der Waals surface area contributed by atoms with Crippen molar-refractivity contribution in [2.75, 3.05) is 45.5 Å². The Balaban J connectivity index is 1.56. The van der Waals surface area contributed by atoms with Gasteiger partial charge in [0.25, 0.3) is 5.91 Å². The van der Waals surface area contributed by atoms with Crippen LogP contribution >= 0.6 is 0 Å². The second kappa shape index (κ2) is 10.4. The quantitative estimate of drug-likeness (QED) is 0.510. The fraction of sp³-hybridized carbons (Fsp3) is 0.435. The van der Waals surface area contributed by atoms with Crippen molar-refractivity contribution in [1.29, 1.82) is 0 Å². The number of rotatable bonds is 9. The molecule has 0 radical (unpaired) electrons. The lowest BCUT2D eigenvalue weighted by atomic mass is 9.97. The molecule has 170 valence electrons. The second-order valence-corrected chi connectivity index (χ2v) is 7.46.